The molecule has 0 N–H and O–H groups in total. The van der Waals surface area contributed by atoms with Gasteiger partial charge in [0.25, 0.3) is 0 Å². The number of nitrogens with zero attached hydrogens (tertiary/aromatic N) is 6. The van der Waals surface area contributed by atoms with Crippen molar-refractivity contribution in [2.24, 2.45) is 0 Å². The van der Waals surface area contributed by atoms with E-state index >= 15 is 0 Å². The van der Waals surface area contributed by atoms with Gasteiger partial charge in [-0.2, -0.15) is 0 Å². The molecule has 7 nitrogen and oxygen atoms in total. The number of rotatable bonds is 2. The van der Waals surface area contributed by atoms with E-state index in [-0.39, 0.29) is 11.6 Å². The predicted molar refractivity (Wildman–Crippen MR) is 111 cm³/mol. The maximum absolute atomic E-state index is 12.8. The van der Waals surface area contributed by atoms with Crippen LogP contribution in [0.25, 0.3) is 11.3 Å². The van der Waals surface area contributed by atoms with Crippen LogP contribution in [0.15, 0.2) is 24.4 Å². The number of carbonyl (C=O) groups excluding carboxylic acids is 1. The maximum Gasteiger partial charge on any atom is 0.320 e. The molecule has 0 atom stereocenters. The summed E-state index contributed by atoms with van der Waals surface area (Å²) in [4.78, 5) is 20.6. The third-order valence-electron chi connectivity index (χ3n) is 5.16. The molecule has 2 aromatic heterocycles. The summed E-state index contributed by atoms with van der Waals surface area (Å²) in [6.45, 7) is 9.37. The molecule has 150 valence electrons. The van der Waals surface area contributed by atoms with Crippen LogP contribution in [0.3, 0.4) is 0 Å². The van der Waals surface area contributed by atoms with E-state index in [1.54, 1.807) is 15.8 Å². The number of hydrogen-bond donors (Lipinski definition) is 0. The lowest BCUT2D eigenvalue weighted by Crippen LogP contribution is -2.49. The van der Waals surface area contributed by atoms with E-state index in [4.69, 9.17) is 11.6 Å². The molecule has 28 heavy (non-hydrogen) atoms. The van der Waals surface area contributed by atoms with Gasteiger partial charge in [0.2, 0.25) is 0 Å². The molecule has 0 fully saturated rings. The number of pyridine rings is 1. The van der Waals surface area contributed by atoms with Crippen molar-refractivity contribution in [3.63, 3.8) is 0 Å². The average molecular weight is 403 g/mol. The van der Waals surface area contributed by atoms with E-state index < -0.39 is 0 Å². The molecule has 0 saturated carbocycles. The average Bonchev–Trinajstić information content (AvgIpc) is 2.87. The Hall–Kier alpha value is -2.41. The summed E-state index contributed by atoms with van der Waals surface area (Å²) in [7, 11) is 1.85. The number of carbonyl (C=O) groups is 1. The molecule has 1 aliphatic rings. The quantitative estimate of drug-likeness (QED) is 0.713. The Morgan fingerprint density at radius 1 is 1.32 bits per heavy atom. The summed E-state index contributed by atoms with van der Waals surface area (Å²) in [6.07, 6.45) is 5.47. The second kappa shape index (κ2) is 7.91. The van der Waals surface area contributed by atoms with Gasteiger partial charge in [-0.25, -0.2) is 14.5 Å². The van der Waals surface area contributed by atoms with Crippen molar-refractivity contribution in [3.05, 3.63) is 40.9 Å². The fourth-order valence-electron chi connectivity index (χ4n) is 3.15. The zero-order chi connectivity index (χ0) is 20.5. The van der Waals surface area contributed by atoms with Crippen LogP contribution in [0.4, 0.5) is 4.79 Å². The normalized spacial score (nSPS) is 15.2. The molecule has 0 aromatic carbocycles. The van der Waals surface area contributed by atoms with Gasteiger partial charge in [0.05, 0.1) is 5.69 Å². The van der Waals surface area contributed by atoms with Crippen LogP contribution in [0.2, 0.25) is 5.15 Å². The molecule has 2 aromatic rings. The highest BCUT2D eigenvalue weighted by Gasteiger charge is 2.27. The van der Waals surface area contributed by atoms with Gasteiger partial charge in [-0.05, 0) is 58.2 Å². The SMILES string of the molecule is Cc1c(C2=CCN(C(=O)N(C)C(C)(C)C)CCC2)nnn1-c1cccnc1Cl. The molecule has 3 heterocycles. The Kier molecular flexibility index (Phi) is 5.74. The van der Waals surface area contributed by atoms with Gasteiger partial charge in [0, 0.05) is 31.9 Å². The summed E-state index contributed by atoms with van der Waals surface area (Å²) in [6, 6.07) is 3.74. The van der Waals surface area contributed by atoms with Gasteiger partial charge < -0.3 is 9.80 Å². The van der Waals surface area contributed by atoms with Crippen molar-refractivity contribution < 1.29 is 4.79 Å². The van der Waals surface area contributed by atoms with E-state index in [1.807, 2.05) is 51.8 Å². The molecular weight excluding hydrogens is 376 g/mol. The van der Waals surface area contributed by atoms with Gasteiger partial charge in [0.15, 0.2) is 5.15 Å². The summed E-state index contributed by atoms with van der Waals surface area (Å²) < 4.78 is 1.71. The van der Waals surface area contributed by atoms with E-state index in [2.05, 4.69) is 21.4 Å². The number of halogens is 1. The molecular formula is C20H27ClN6O. The Balaban J connectivity index is 1.83. The number of allylic oxidation sites excluding steroid dienone is 1. The third-order valence-corrected chi connectivity index (χ3v) is 5.45. The highest BCUT2D eigenvalue weighted by molar-refractivity contribution is 6.31. The van der Waals surface area contributed by atoms with Crippen molar-refractivity contribution in [2.75, 3.05) is 20.1 Å². The lowest BCUT2D eigenvalue weighted by molar-refractivity contribution is 0.130. The fraction of sp³-hybridized carbons (Fsp3) is 0.500. The number of urea groups is 1. The lowest BCUT2D eigenvalue weighted by Gasteiger charge is -2.36. The van der Waals surface area contributed by atoms with Crippen LogP contribution in [-0.4, -0.2) is 61.5 Å². The summed E-state index contributed by atoms with van der Waals surface area (Å²) in [5.74, 6) is 0. The fourth-order valence-corrected chi connectivity index (χ4v) is 3.35. The maximum atomic E-state index is 12.8. The van der Waals surface area contributed by atoms with Crippen LogP contribution in [0.1, 0.15) is 45.0 Å². The molecule has 3 rings (SSSR count). The topological polar surface area (TPSA) is 67.2 Å². The molecule has 0 saturated heterocycles. The Labute approximate surface area is 171 Å². The highest BCUT2D eigenvalue weighted by Crippen LogP contribution is 2.27. The smallest absolute Gasteiger partial charge is 0.320 e. The second-order valence-electron chi connectivity index (χ2n) is 8.04. The second-order valence-corrected chi connectivity index (χ2v) is 8.40. The molecule has 2 amide bonds. The van der Waals surface area contributed by atoms with Crippen LogP contribution >= 0.6 is 11.6 Å². The number of amides is 2. The zero-order valence-corrected chi connectivity index (χ0v) is 17.9. The van der Waals surface area contributed by atoms with E-state index in [1.165, 1.54) is 0 Å². The minimum absolute atomic E-state index is 0.0486. The first-order valence-electron chi connectivity index (χ1n) is 9.45. The van der Waals surface area contributed by atoms with E-state index in [0.29, 0.717) is 17.4 Å². The largest absolute Gasteiger partial charge is 0.323 e. The molecule has 8 heteroatoms. The van der Waals surface area contributed by atoms with E-state index in [0.717, 1.165) is 36.3 Å². The predicted octanol–water partition coefficient (Wildman–Crippen LogP) is 3.95. The van der Waals surface area contributed by atoms with Crippen molar-refractivity contribution in [1.29, 1.82) is 0 Å². The Morgan fingerprint density at radius 3 is 2.75 bits per heavy atom. The summed E-state index contributed by atoms with van der Waals surface area (Å²) in [5.41, 5.74) is 3.36. The lowest BCUT2D eigenvalue weighted by atomic mass is 10.1. The van der Waals surface area contributed by atoms with E-state index in [9.17, 15) is 4.79 Å². The van der Waals surface area contributed by atoms with Crippen LogP contribution < -0.4 is 0 Å². The van der Waals surface area contributed by atoms with Crippen molar-refractivity contribution in [3.8, 4) is 5.69 Å². The molecule has 0 radical (unpaired) electrons. The van der Waals surface area contributed by atoms with Crippen LogP contribution in [-0.2, 0) is 0 Å². The van der Waals surface area contributed by atoms with Crippen molar-refractivity contribution in [1.82, 2.24) is 29.8 Å². The first-order chi connectivity index (χ1) is 13.2. The minimum atomic E-state index is -0.210. The molecule has 0 spiro atoms. The van der Waals surface area contributed by atoms with Gasteiger partial charge in [-0.3, -0.25) is 0 Å². The van der Waals surface area contributed by atoms with Gasteiger partial charge >= 0.3 is 6.03 Å². The Morgan fingerprint density at radius 2 is 2.07 bits per heavy atom. The van der Waals surface area contributed by atoms with Crippen LogP contribution in [0, 0.1) is 6.92 Å². The number of aromatic nitrogens is 4. The van der Waals surface area contributed by atoms with Crippen LogP contribution in [0.5, 0.6) is 0 Å². The first-order valence-corrected chi connectivity index (χ1v) is 9.83. The summed E-state index contributed by atoms with van der Waals surface area (Å²) in [5, 5.41) is 9.05. The van der Waals surface area contributed by atoms with Crippen molar-refractivity contribution in [2.45, 2.75) is 46.1 Å². The molecule has 0 unspecified atom stereocenters. The zero-order valence-electron chi connectivity index (χ0n) is 17.1. The highest BCUT2D eigenvalue weighted by atomic mass is 35.5. The standard InChI is InChI=1S/C20H27ClN6O/c1-14-17(23-24-27(14)16-9-6-11-22-18(16)21)15-8-7-12-26(13-10-15)19(28)25(5)20(2,3)4/h6,9-11H,7-8,12-13H2,1-5H3. The first kappa shape index (κ1) is 20.3. The van der Waals surface area contributed by atoms with Crippen molar-refractivity contribution >= 4 is 23.2 Å². The van der Waals surface area contributed by atoms with Gasteiger partial charge in [-0.1, -0.05) is 22.9 Å². The monoisotopic (exact) mass is 402 g/mol. The molecule has 0 bridgehead atoms. The van der Waals surface area contributed by atoms with Gasteiger partial charge in [-0.15, -0.1) is 5.10 Å². The minimum Gasteiger partial charge on any atom is -0.323 e. The molecule has 1 aliphatic heterocycles. The third kappa shape index (κ3) is 4.04. The summed E-state index contributed by atoms with van der Waals surface area (Å²) >= 11 is 6.21. The van der Waals surface area contributed by atoms with Gasteiger partial charge in [0.1, 0.15) is 11.4 Å². The Bertz CT molecular complexity index is 898. The number of hydrogen-bond acceptors (Lipinski definition) is 4. The molecule has 0 aliphatic carbocycles.